The maximum Gasteiger partial charge on any atom is 0.337 e. The highest BCUT2D eigenvalue weighted by atomic mass is 16.4. The highest BCUT2D eigenvalue weighted by molar-refractivity contribution is 5.89. The molecule has 0 radical (unpaired) electrons. The van der Waals surface area contributed by atoms with Crippen LogP contribution in [0.1, 0.15) is 21.6 Å². The summed E-state index contributed by atoms with van der Waals surface area (Å²) < 4.78 is 0. The van der Waals surface area contributed by atoms with Gasteiger partial charge in [0.2, 0.25) is 0 Å². The molecule has 66 valence electrons. The maximum atomic E-state index is 10.6. The zero-order valence-corrected chi connectivity index (χ0v) is 6.90. The van der Waals surface area contributed by atoms with Crippen molar-refractivity contribution in [2.75, 3.05) is 5.73 Å². The lowest BCUT2D eigenvalue weighted by atomic mass is 10.1. The average molecular weight is 177 g/mol. The lowest BCUT2D eigenvalue weighted by Gasteiger charge is -2.02. The molecule has 0 saturated heterocycles. The van der Waals surface area contributed by atoms with Gasteiger partial charge in [-0.05, 0) is 13.0 Å². The summed E-state index contributed by atoms with van der Waals surface area (Å²) in [6.45, 7) is 1.53. The molecule has 0 aromatic carbocycles. The number of carboxylic acid groups (broad SMARTS) is 1. The van der Waals surface area contributed by atoms with E-state index in [1.54, 1.807) is 6.07 Å². The second-order valence-corrected chi connectivity index (χ2v) is 2.47. The molecule has 0 saturated carbocycles. The molecule has 1 aromatic heterocycles. The number of carboxylic acids is 1. The van der Waals surface area contributed by atoms with Gasteiger partial charge in [0.05, 0.1) is 16.8 Å². The summed E-state index contributed by atoms with van der Waals surface area (Å²) in [5.74, 6) is -1.05. The first-order chi connectivity index (χ1) is 6.06. The molecule has 1 heterocycles. The van der Waals surface area contributed by atoms with Crippen LogP contribution in [0.5, 0.6) is 0 Å². The number of hydrogen-bond acceptors (Lipinski definition) is 4. The molecule has 5 nitrogen and oxygen atoms in total. The van der Waals surface area contributed by atoms with Crippen molar-refractivity contribution in [2.45, 2.75) is 6.92 Å². The van der Waals surface area contributed by atoms with Crippen molar-refractivity contribution >= 4 is 11.8 Å². The lowest BCUT2D eigenvalue weighted by Crippen LogP contribution is -2.05. The van der Waals surface area contributed by atoms with E-state index < -0.39 is 5.97 Å². The molecule has 0 amide bonds. The van der Waals surface area contributed by atoms with Crippen molar-refractivity contribution in [3.8, 4) is 6.07 Å². The molecule has 0 spiro atoms. The van der Waals surface area contributed by atoms with Crippen molar-refractivity contribution in [1.82, 2.24) is 4.98 Å². The van der Waals surface area contributed by atoms with Crippen LogP contribution < -0.4 is 5.73 Å². The molecular formula is C8H7N3O2. The van der Waals surface area contributed by atoms with E-state index in [1.165, 1.54) is 13.0 Å². The summed E-state index contributed by atoms with van der Waals surface area (Å²) in [5, 5.41) is 17.2. The first kappa shape index (κ1) is 9.00. The third kappa shape index (κ3) is 1.56. The Labute approximate surface area is 74.4 Å². The molecule has 0 aliphatic carbocycles. The van der Waals surface area contributed by atoms with Gasteiger partial charge in [-0.2, -0.15) is 5.26 Å². The Hall–Kier alpha value is -2.09. The minimum absolute atomic E-state index is 0.00532. The lowest BCUT2D eigenvalue weighted by molar-refractivity contribution is 0.0695. The predicted octanol–water partition coefficient (Wildman–Crippen LogP) is 0.542. The van der Waals surface area contributed by atoms with Crippen LogP contribution in [0.2, 0.25) is 0 Å². The van der Waals surface area contributed by atoms with Crippen LogP contribution in [0.25, 0.3) is 0 Å². The van der Waals surface area contributed by atoms with E-state index in [2.05, 4.69) is 4.98 Å². The average Bonchev–Trinajstić information content (AvgIpc) is 2.03. The number of aromatic nitrogens is 1. The van der Waals surface area contributed by atoms with Crippen LogP contribution >= 0.6 is 0 Å². The second-order valence-electron chi connectivity index (χ2n) is 2.47. The predicted molar refractivity (Wildman–Crippen MR) is 45.1 cm³/mol. The zero-order valence-electron chi connectivity index (χ0n) is 6.90. The number of nitrogen functional groups attached to an aromatic ring is 1. The van der Waals surface area contributed by atoms with Crippen LogP contribution in [-0.4, -0.2) is 16.1 Å². The Morgan fingerprint density at radius 2 is 2.38 bits per heavy atom. The molecule has 0 aliphatic rings. The maximum absolute atomic E-state index is 10.6. The summed E-state index contributed by atoms with van der Waals surface area (Å²) in [7, 11) is 0. The summed E-state index contributed by atoms with van der Waals surface area (Å²) in [4.78, 5) is 14.4. The van der Waals surface area contributed by atoms with Gasteiger partial charge in [-0.3, -0.25) is 0 Å². The van der Waals surface area contributed by atoms with Gasteiger partial charge in [-0.1, -0.05) is 0 Å². The third-order valence-corrected chi connectivity index (χ3v) is 1.59. The zero-order chi connectivity index (χ0) is 10.0. The molecule has 3 N–H and O–H groups in total. The number of nitriles is 1. The second kappa shape index (κ2) is 3.11. The molecule has 13 heavy (non-hydrogen) atoms. The van der Waals surface area contributed by atoms with E-state index in [9.17, 15) is 4.79 Å². The fraction of sp³-hybridized carbons (Fsp3) is 0.125. The van der Waals surface area contributed by atoms with Gasteiger partial charge in [0.1, 0.15) is 11.9 Å². The molecule has 1 rings (SSSR count). The number of pyridine rings is 1. The highest BCUT2D eigenvalue weighted by Gasteiger charge is 2.11. The van der Waals surface area contributed by atoms with Gasteiger partial charge < -0.3 is 10.8 Å². The fourth-order valence-electron chi connectivity index (χ4n) is 0.930. The van der Waals surface area contributed by atoms with Crippen LogP contribution in [0.15, 0.2) is 6.07 Å². The fourth-order valence-corrected chi connectivity index (χ4v) is 0.930. The monoisotopic (exact) mass is 177 g/mol. The SMILES string of the molecule is Cc1nc(N)c(C#N)cc1C(=O)O. The minimum Gasteiger partial charge on any atom is -0.478 e. The van der Waals surface area contributed by atoms with Crippen LogP contribution in [0, 0.1) is 18.3 Å². The molecule has 1 aromatic rings. The minimum atomic E-state index is -1.11. The van der Waals surface area contributed by atoms with Crippen molar-refractivity contribution in [1.29, 1.82) is 5.26 Å². The quantitative estimate of drug-likeness (QED) is 0.652. The first-order valence-electron chi connectivity index (χ1n) is 3.46. The Bertz CT molecular complexity index is 407. The number of rotatable bonds is 1. The smallest absolute Gasteiger partial charge is 0.337 e. The van der Waals surface area contributed by atoms with Gasteiger partial charge in [-0.15, -0.1) is 0 Å². The van der Waals surface area contributed by atoms with E-state index in [1.807, 2.05) is 0 Å². The molecule has 0 fully saturated rings. The molecule has 0 aliphatic heterocycles. The van der Waals surface area contributed by atoms with Crippen molar-refractivity contribution < 1.29 is 9.90 Å². The van der Waals surface area contributed by atoms with Gasteiger partial charge in [0.25, 0.3) is 0 Å². The third-order valence-electron chi connectivity index (χ3n) is 1.59. The Kier molecular flexibility index (Phi) is 2.15. The topological polar surface area (TPSA) is 100 Å². The number of nitrogens with zero attached hydrogens (tertiary/aromatic N) is 2. The summed E-state index contributed by atoms with van der Waals surface area (Å²) in [6.07, 6.45) is 0. The van der Waals surface area contributed by atoms with E-state index in [0.29, 0.717) is 5.69 Å². The van der Waals surface area contributed by atoms with Crippen LogP contribution in [0.4, 0.5) is 5.82 Å². The van der Waals surface area contributed by atoms with Gasteiger partial charge in [0, 0.05) is 0 Å². The largest absolute Gasteiger partial charge is 0.478 e. The van der Waals surface area contributed by atoms with Crippen molar-refractivity contribution in [3.63, 3.8) is 0 Å². The number of aromatic carboxylic acids is 1. The van der Waals surface area contributed by atoms with Crippen LogP contribution in [-0.2, 0) is 0 Å². The summed E-state index contributed by atoms with van der Waals surface area (Å²) in [5.41, 5.74) is 5.78. The molecule has 0 bridgehead atoms. The van der Waals surface area contributed by atoms with E-state index in [0.717, 1.165) is 0 Å². The van der Waals surface area contributed by atoms with E-state index >= 15 is 0 Å². The Balaban J connectivity index is 3.41. The Morgan fingerprint density at radius 1 is 1.77 bits per heavy atom. The number of anilines is 1. The highest BCUT2D eigenvalue weighted by Crippen LogP contribution is 2.13. The standard InChI is InChI=1S/C8H7N3O2/c1-4-6(8(12)13)2-5(3-9)7(10)11-4/h2H,1H3,(H2,10,11)(H,12,13). The normalized spacial score (nSPS) is 9.23. The van der Waals surface area contributed by atoms with Crippen molar-refractivity contribution in [3.05, 3.63) is 22.9 Å². The number of hydrogen-bond donors (Lipinski definition) is 2. The van der Waals surface area contributed by atoms with Gasteiger partial charge in [-0.25, -0.2) is 9.78 Å². The molecule has 5 heteroatoms. The molecular weight excluding hydrogens is 170 g/mol. The summed E-state index contributed by atoms with van der Waals surface area (Å²) >= 11 is 0. The first-order valence-corrected chi connectivity index (χ1v) is 3.46. The van der Waals surface area contributed by atoms with E-state index in [-0.39, 0.29) is 16.9 Å². The summed E-state index contributed by atoms with van der Waals surface area (Å²) in [6, 6.07) is 2.99. The number of nitrogens with two attached hydrogens (primary N) is 1. The van der Waals surface area contributed by atoms with Gasteiger partial charge >= 0.3 is 5.97 Å². The number of carbonyl (C=O) groups is 1. The van der Waals surface area contributed by atoms with Gasteiger partial charge in [0.15, 0.2) is 0 Å². The molecule has 0 atom stereocenters. The number of aryl methyl sites for hydroxylation is 1. The van der Waals surface area contributed by atoms with Crippen molar-refractivity contribution in [2.24, 2.45) is 0 Å². The van der Waals surface area contributed by atoms with Crippen LogP contribution in [0.3, 0.4) is 0 Å². The van der Waals surface area contributed by atoms with E-state index in [4.69, 9.17) is 16.1 Å². The Morgan fingerprint density at radius 3 is 2.85 bits per heavy atom. The molecule has 0 unspecified atom stereocenters.